The molecule has 2 N–H and O–H groups in total. The molecule has 90 valence electrons. The van der Waals surface area contributed by atoms with Gasteiger partial charge in [-0.2, -0.15) is 5.26 Å². The molecule has 1 aromatic carbocycles. The lowest BCUT2D eigenvalue weighted by atomic mass is 10.0. The molecule has 1 saturated heterocycles. The minimum atomic E-state index is 0.524. The zero-order valence-corrected chi connectivity index (χ0v) is 9.69. The topological polar surface area (TPSA) is 68.3 Å². The fraction of sp³-hybridized carbons (Fsp3) is 0.462. The van der Waals surface area contributed by atoms with Crippen molar-refractivity contribution in [3.8, 4) is 11.8 Å². The fourth-order valence-electron chi connectivity index (χ4n) is 1.87. The van der Waals surface area contributed by atoms with E-state index in [1.807, 2.05) is 6.07 Å². The van der Waals surface area contributed by atoms with E-state index in [2.05, 4.69) is 0 Å². The summed E-state index contributed by atoms with van der Waals surface area (Å²) in [5.74, 6) is 1.20. The van der Waals surface area contributed by atoms with Crippen LogP contribution in [0.25, 0.3) is 0 Å². The molecule has 0 aromatic heterocycles. The van der Waals surface area contributed by atoms with E-state index in [1.165, 1.54) is 0 Å². The Morgan fingerprint density at radius 3 is 2.82 bits per heavy atom. The van der Waals surface area contributed by atoms with E-state index in [1.54, 1.807) is 18.2 Å². The first kappa shape index (κ1) is 11.7. The Morgan fingerprint density at radius 1 is 1.41 bits per heavy atom. The molecule has 0 saturated carbocycles. The van der Waals surface area contributed by atoms with Crippen molar-refractivity contribution in [2.45, 2.75) is 12.8 Å². The molecule has 1 heterocycles. The van der Waals surface area contributed by atoms with Crippen LogP contribution in [-0.2, 0) is 4.74 Å². The Morgan fingerprint density at radius 2 is 2.18 bits per heavy atom. The number of anilines is 1. The predicted octanol–water partition coefficient (Wildman–Crippen LogP) is 1.95. The monoisotopic (exact) mass is 232 g/mol. The summed E-state index contributed by atoms with van der Waals surface area (Å²) in [6.07, 6.45) is 2.08. The number of nitrogen functional groups attached to an aromatic ring is 1. The van der Waals surface area contributed by atoms with Crippen LogP contribution >= 0.6 is 0 Å². The van der Waals surface area contributed by atoms with Crippen LogP contribution in [0.2, 0.25) is 0 Å². The van der Waals surface area contributed by atoms with Gasteiger partial charge < -0.3 is 15.2 Å². The Bertz CT molecular complexity index is 420. The highest BCUT2D eigenvalue weighted by atomic mass is 16.5. The van der Waals surface area contributed by atoms with Crippen molar-refractivity contribution >= 4 is 5.69 Å². The molecule has 1 aliphatic rings. The Balaban J connectivity index is 1.92. The van der Waals surface area contributed by atoms with Crippen molar-refractivity contribution in [1.29, 1.82) is 5.26 Å². The average molecular weight is 232 g/mol. The van der Waals surface area contributed by atoms with Gasteiger partial charge in [0, 0.05) is 13.2 Å². The number of nitriles is 1. The number of rotatable bonds is 3. The number of hydrogen-bond acceptors (Lipinski definition) is 4. The molecule has 1 fully saturated rings. The van der Waals surface area contributed by atoms with E-state index < -0.39 is 0 Å². The molecular formula is C13H16N2O2. The zero-order chi connectivity index (χ0) is 12.1. The number of nitrogens with two attached hydrogens (primary N) is 1. The van der Waals surface area contributed by atoms with Crippen LogP contribution in [0.3, 0.4) is 0 Å². The van der Waals surface area contributed by atoms with Crippen molar-refractivity contribution in [2.75, 3.05) is 25.6 Å². The summed E-state index contributed by atoms with van der Waals surface area (Å²) < 4.78 is 11.0. The first-order valence-corrected chi connectivity index (χ1v) is 5.80. The lowest BCUT2D eigenvalue weighted by Crippen LogP contribution is -2.21. The van der Waals surface area contributed by atoms with E-state index in [0.29, 0.717) is 29.5 Å². The summed E-state index contributed by atoms with van der Waals surface area (Å²) >= 11 is 0. The van der Waals surface area contributed by atoms with Gasteiger partial charge in [-0.3, -0.25) is 0 Å². The van der Waals surface area contributed by atoms with E-state index in [4.69, 9.17) is 20.5 Å². The second-order valence-corrected chi connectivity index (χ2v) is 4.23. The van der Waals surface area contributed by atoms with Gasteiger partial charge in [-0.05, 0) is 37.0 Å². The molecule has 1 aromatic rings. The van der Waals surface area contributed by atoms with Gasteiger partial charge in [0.15, 0.2) is 0 Å². The van der Waals surface area contributed by atoms with Gasteiger partial charge in [0.1, 0.15) is 5.75 Å². The third kappa shape index (κ3) is 3.11. The van der Waals surface area contributed by atoms with Gasteiger partial charge in [-0.25, -0.2) is 0 Å². The summed E-state index contributed by atoms with van der Waals surface area (Å²) in [4.78, 5) is 0. The highest BCUT2D eigenvalue weighted by Gasteiger charge is 2.14. The molecule has 0 radical (unpaired) electrons. The molecular weight excluding hydrogens is 216 g/mol. The maximum atomic E-state index is 8.73. The lowest BCUT2D eigenvalue weighted by Gasteiger charge is -2.22. The number of hydrogen-bond donors (Lipinski definition) is 1. The minimum absolute atomic E-state index is 0.524. The third-order valence-corrected chi connectivity index (χ3v) is 2.95. The molecule has 4 nitrogen and oxygen atoms in total. The van der Waals surface area contributed by atoms with Gasteiger partial charge in [0.2, 0.25) is 0 Å². The second kappa shape index (κ2) is 5.55. The zero-order valence-electron chi connectivity index (χ0n) is 9.69. The van der Waals surface area contributed by atoms with Gasteiger partial charge in [0.25, 0.3) is 0 Å². The molecule has 4 heteroatoms. The van der Waals surface area contributed by atoms with Crippen LogP contribution in [0.15, 0.2) is 18.2 Å². The van der Waals surface area contributed by atoms with E-state index in [9.17, 15) is 0 Å². The van der Waals surface area contributed by atoms with Crippen molar-refractivity contribution in [3.05, 3.63) is 23.8 Å². The molecule has 0 atom stereocenters. The standard InChI is InChI=1S/C13H16N2O2/c14-8-11-1-2-13(12(15)7-11)17-9-10-3-5-16-6-4-10/h1-2,7,10H,3-6,9,15H2. The lowest BCUT2D eigenvalue weighted by molar-refractivity contribution is 0.0499. The molecule has 2 rings (SSSR count). The molecule has 0 bridgehead atoms. The number of nitrogens with zero attached hydrogens (tertiary/aromatic N) is 1. The van der Waals surface area contributed by atoms with E-state index in [0.717, 1.165) is 26.1 Å². The minimum Gasteiger partial charge on any atom is -0.491 e. The largest absolute Gasteiger partial charge is 0.491 e. The van der Waals surface area contributed by atoms with Gasteiger partial charge in [-0.15, -0.1) is 0 Å². The van der Waals surface area contributed by atoms with Crippen molar-refractivity contribution in [1.82, 2.24) is 0 Å². The van der Waals surface area contributed by atoms with Gasteiger partial charge >= 0.3 is 0 Å². The summed E-state index contributed by atoms with van der Waals surface area (Å²) in [5, 5.41) is 8.73. The number of ether oxygens (including phenoxy) is 2. The first-order valence-electron chi connectivity index (χ1n) is 5.80. The molecule has 0 spiro atoms. The van der Waals surface area contributed by atoms with Crippen molar-refractivity contribution in [2.24, 2.45) is 5.92 Å². The Labute approximate surface area is 101 Å². The molecule has 0 unspecified atom stereocenters. The van der Waals surface area contributed by atoms with Gasteiger partial charge in [0.05, 0.1) is 23.9 Å². The van der Waals surface area contributed by atoms with Crippen LogP contribution in [0.1, 0.15) is 18.4 Å². The number of benzene rings is 1. The highest BCUT2D eigenvalue weighted by Crippen LogP contribution is 2.24. The molecule has 17 heavy (non-hydrogen) atoms. The van der Waals surface area contributed by atoms with Crippen molar-refractivity contribution < 1.29 is 9.47 Å². The van der Waals surface area contributed by atoms with Crippen LogP contribution in [0, 0.1) is 17.2 Å². The Kier molecular flexibility index (Phi) is 3.84. The normalized spacial score (nSPS) is 16.4. The average Bonchev–Trinajstić information content (AvgIpc) is 2.38. The molecule has 0 amide bonds. The maximum absolute atomic E-state index is 8.73. The third-order valence-electron chi connectivity index (χ3n) is 2.95. The van der Waals surface area contributed by atoms with Crippen LogP contribution in [-0.4, -0.2) is 19.8 Å². The van der Waals surface area contributed by atoms with E-state index >= 15 is 0 Å². The predicted molar refractivity (Wildman–Crippen MR) is 64.6 cm³/mol. The summed E-state index contributed by atoms with van der Waals surface area (Å²) in [7, 11) is 0. The Hall–Kier alpha value is -1.73. The second-order valence-electron chi connectivity index (χ2n) is 4.23. The molecule has 0 aliphatic carbocycles. The van der Waals surface area contributed by atoms with Gasteiger partial charge in [-0.1, -0.05) is 0 Å². The quantitative estimate of drug-likeness (QED) is 0.809. The van der Waals surface area contributed by atoms with E-state index in [-0.39, 0.29) is 0 Å². The smallest absolute Gasteiger partial charge is 0.142 e. The summed E-state index contributed by atoms with van der Waals surface area (Å²) in [6.45, 7) is 2.30. The summed E-state index contributed by atoms with van der Waals surface area (Å²) in [6, 6.07) is 7.16. The SMILES string of the molecule is N#Cc1ccc(OCC2CCOCC2)c(N)c1. The van der Waals surface area contributed by atoms with Crippen LogP contribution < -0.4 is 10.5 Å². The molecule has 1 aliphatic heterocycles. The first-order chi connectivity index (χ1) is 8.29. The maximum Gasteiger partial charge on any atom is 0.142 e. The summed E-state index contributed by atoms with van der Waals surface area (Å²) in [5.41, 5.74) is 6.89. The van der Waals surface area contributed by atoms with Crippen LogP contribution in [0.4, 0.5) is 5.69 Å². The van der Waals surface area contributed by atoms with Crippen molar-refractivity contribution in [3.63, 3.8) is 0 Å². The fourth-order valence-corrected chi connectivity index (χ4v) is 1.87. The highest BCUT2D eigenvalue weighted by molar-refractivity contribution is 5.56. The van der Waals surface area contributed by atoms with Crippen LogP contribution in [0.5, 0.6) is 5.75 Å².